The van der Waals surface area contributed by atoms with E-state index >= 15 is 0 Å². The summed E-state index contributed by atoms with van der Waals surface area (Å²) in [4.78, 5) is 0. The lowest BCUT2D eigenvalue weighted by molar-refractivity contribution is -0.00416. The number of aliphatic hydroxyl groups is 1. The van der Waals surface area contributed by atoms with Crippen LogP contribution in [0.5, 0.6) is 0 Å². The van der Waals surface area contributed by atoms with Gasteiger partial charge < -0.3 is 10.4 Å². The smallest absolute Gasteiger partial charge is 0.105 e. The summed E-state index contributed by atoms with van der Waals surface area (Å²) in [5.41, 5.74) is 0.235. The molecule has 1 aromatic carbocycles. The largest absolute Gasteiger partial charge is 0.384 e. The Hall–Kier alpha value is -0.570. The number of hydrogen-bond donors (Lipinski definition) is 2. The Morgan fingerprint density at radius 2 is 1.88 bits per heavy atom. The highest BCUT2D eigenvalue weighted by molar-refractivity contribution is 5.85. The molecule has 2 nitrogen and oxygen atoms in total. The molecular formula is C13H22ClNO. The van der Waals surface area contributed by atoms with E-state index in [2.05, 4.69) is 12.2 Å². The molecular weight excluding hydrogens is 222 g/mol. The van der Waals surface area contributed by atoms with E-state index in [0.29, 0.717) is 0 Å². The van der Waals surface area contributed by atoms with Gasteiger partial charge in [-0.15, -0.1) is 12.4 Å². The second-order valence-corrected chi connectivity index (χ2v) is 4.05. The van der Waals surface area contributed by atoms with Gasteiger partial charge in [0.25, 0.3) is 0 Å². The minimum Gasteiger partial charge on any atom is -0.384 e. The number of benzene rings is 1. The van der Waals surface area contributed by atoms with Crippen molar-refractivity contribution in [2.24, 2.45) is 0 Å². The third kappa shape index (κ3) is 3.21. The van der Waals surface area contributed by atoms with Crippen LogP contribution in [0.2, 0.25) is 0 Å². The molecule has 0 aliphatic rings. The number of nitrogens with one attached hydrogen (secondary N) is 1. The number of halogens is 1. The van der Waals surface area contributed by atoms with E-state index in [1.807, 2.05) is 44.3 Å². The molecule has 2 N–H and O–H groups in total. The van der Waals surface area contributed by atoms with Gasteiger partial charge in [0, 0.05) is 6.04 Å². The van der Waals surface area contributed by atoms with Crippen molar-refractivity contribution in [1.82, 2.24) is 5.32 Å². The summed E-state index contributed by atoms with van der Waals surface area (Å²) in [7, 11) is 1.88. The first-order valence-electron chi connectivity index (χ1n) is 5.60. The lowest BCUT2D eigenvalue weighted by Gasteiger charge is -2.34. The predicted octanol–water partition coefficient (Wildman–Crippen LogP) is 2.70. The molecule has 92 valence electrons. The van der Waals surface area contributed by atoms with Crippen molar-refractivity contribution in [3.8, 4) is 0 Å². The summed E-state index contributed by atoms with van der Waals surface area (Å²) in [6.45, 7) is 4.11. The van der Waals surface area contributed by atoms with E-state index in [9.17, 15) is 5.11 Å². The van der Waals surface area contributed by atoms with Crippen molar-refractivity contribution in [3.05, 3.63) is 35.9 Å². The van der Waals surface area contributed by atoms with Gasteiger partial charge in [0.1, 0.15) is 5.60 Å². The minimum absolute atomic E-state index is 0. The lowest BCUT2D eigenvalue weighted by atomic mass is 9.83. The van der Waals surface area contributed by atoms with Gasteiger partial charge in [0.2, 0.25) is 0 Å². The third-order valence-electron chi connectivity index (χ3n) is 3.05. The van der Waals surface area contributed by atoms with Crippen LogP contribution in [-0.4, -0.2) is 18.2 Å². The summed E-state index contributed by atoms with van der Waals surface area (Å²) < 4.78 is 0. The second kappa shape index (κ2) is 6.89. The molecule has 0 aliphatic carbocycles. The van der Waals surface area contributed by atoms with Crippen molar-refractivity contribution in [3.63, 3.8) is 0 Å². The van der Waals surface area contributed by atoms with E-state index < -0.39 is 5.60 Å². The van der Waals surface area contributed by atoms with Crippen LogP contribution >= 0.6 is 12.4 Å². The molecule has 0 aliphatic heterocycles. The highest BCUT2D eigenvalue weighted by Crippen LogP contribution is 2.29. The summed E-state index contributed by atoms with van der Waals surface area (Å²) in [5.74, 6) is 0. The molecule has 2 atom stereocenters. The lowest BCUT2D eigenvalue weighted by Crippen LogP contribution is -2.45. The first-order chi connectivity index (χ1) is 7.15. The summed E-state index contributed by atoms with van der Waals surface area (Å²) in [5, 5.41) is 13.8. The second-order valence-electron chi connectivity index (χ2n) is 4.05. The van der Waals surface area contributed by atoms with Gasteiger partial charge in [-0.3, -0.25) is 0 Å². The summed E-state index contributed by atoms with van der Waals surface area (Å²) in [6, 6.07) is 9.95. The molecule has 0 radical (unpaired) electrons. The van der Waals surface area contributed by atoms with Crippen LogP contribution in [0.4, 0.5) is 0 Å². The van der Waals surface area contributed by atoms with Crippen LogP contribution in [-0.2, 0) is 5.60 Å². The number of rotatable bonds is 5. The Bertz CT molecular complexity index is 291. The third-order valence-corrected chi connectivity index (χ3v) is 3.05. The van der Waals surface area contributed by atoms with Crippen LogP contribution in [0.15, 0.2) is 30.3 Å². The number of hydrogen-bond acceptors (Lipinski definition) is 2. The average molecular weight is 244 g/mol. The van der Waals surface area contributed by atoms with E-state index in [1.54, 1.807) is 0 Å². The van der Waals surface area contributed by atoms with Crippen LogP contribution in [0.3, 0.4) is 0 Å². The van der Waals surface area contributed by atoms with Crippen molar-refractivity contribution < 1.29 is 5.11 Å². The van der Waals surface area contributed by atoms with Gasteiger partial charge >= 0.3 is 0 Å². The predicted molar refractivity (Wildman–Crippen MR) is 71.0 cm³/mol. The highest BCUT2D eigenvalue weighted by Gasteiger charge is 2.33. The Balaban J connectivity index is 0.00000225. The minimum atomic E-state index is -0.759. The zero-order valence-corrected chi connectivity index (χ0v) is 11.1. The van der Waals surface area contributed by atoms with Gasteiger partial charge in [0.15, 0.2) is 0 Å². The van der Waals surface area contributed by atoms with Gasteiger partial charge in [-0.05, 0) is 26.0 Å². The molecule has 0 amide bonds. The fourth-order valence-electron chi connectivity index (χ4n) is 1.96. The Kier molecular flexibility index (Phi) is 6.65. The molecule has 0 aromatic heterocycles. The fraction of sp³-hybridized carbons (Fsp3) is 0.538. The maximum Gasteiger partial charge on any atom is 0.105 e. The molecule has 3 heteroatoms. The maximum absolute atomic E-state index is 10.7. The van der Waals surface area contributed by atoms with Gasteiger partial charge in [-0.2, -0.15) is 0 Å². The van der Waals surface area contributed by atoms with E-state index in [-0.39, 0.29) is 18.4 Å². The molecule has 1 rings (SSSR count). The van der Waals surface area contributed by atoms with Crippen molar-refractivity contribution in [1.29, 1.82) is 0 Å². The topological polar surface area (TPSA) is 32.3 Å². The average Bonchev–Trinajstić information content (AvgIpc) is 2.29. The van der Waals surface area contributed by atoms with Crippen molar-refractivity contribution in [2.45, 2.75) is 38.3 Å². The van der Waals surface area contributed by atoms with Crippen molar-refractivity contribution >= 4 is 12.4 Å². The molecule has 2 unspecified atom stereocenters. The van der Waals surface area contributed by atoms with E-state index in [4.69, 9.17) is 0 Å². The Morgan fingerprint density at radius 3 is 2.31 bits per heavy atom. The molecule has 0 heterocycles. The monoisotopic (exact) mass is 243 g/mol. The molecule has 16 heavy (non-hydrogen) atoms. The SMILES string of the molecule is CCCC(O)(c1ccccc1)C(C)NC.Cl. The quantitative estimate of drug-likeness (QED) is 0.834. The standard InChI is InChI=1S/C13H21NO.ClH/c1-4-10-13(15,11(2)14-3)12-8-6-5-7-9-12;/h5-9,11,14-15H,4,10H2,1-3H3;1H. The van der Waals surface area contributed by atoms with Gasteiger partial charge in [-0.25, -0.2) is 0 Å². The first-order valence-corrected chi connectivity index (χ1v) is 5.60. The molecule has 0 saturated heterocycles. The molecule has 0 saturated carbocycles. The first kappa shape index (κ1) is 15.4. The summed E-state index contributed by atoms with van der Waals surface area (Å²) >= 11 is 0. The van der Waals surface area contributed by atoms with Gasteiger partial charge in [-0.1, -0.05) is 43.7 Å². The van der Waals surface area contributed by atoms with Crippen LogP contribution in [0, 0.1) is 0 Å². The molecule has 0 bridgehead atoms. The molecule has 0 fully saturated rings. The van der Waals surface area contributed by atoms with E-state index in [1.165, 1.54) is 0 Å². The molecule has 0 spiro atoms. The van der Waals surface area contributed by atoms with Crippen LogP contribution in [0.25, 0.3) is 0 Å². The zero-order chi connectivity index (χ0) is 11.3. The van der Waals surface area contributed by atoms with Crippen molar-refractivity contribution in [2.75, 3.05) is 7.05 Å². The molecule has 1 aromatic rings. The Morgan fingerprint density at radius 1 is 1.31 bits per heavy atom. The number of likely N-dealkylation sites (N-methyl/N-ethyl adjacent to an activating group) is 1. The maximum atomic E-state index is 10.7. The van der Waals surface area contributed by atoms with Gasteiger partial charge in [0.05, 0.1) is 0 Å². The zero-order valence-electron chi connectivity index (χ0n) is 10.2. The highest BCUT2D eigenvalue weighted by atomic mass is 35.5. The Labute approximate surface area is 104 Å². The normalized spacial score (nSPS) is 16.0. The van der Waals surface area contributed by atoms with E-state index in [0.717, 1.165) is 18.4 Å². The van der Waals surface area contributed by atoms with Crippen LogP contribution in [0.1, 0.15) is 32.3 Å². The summed E-state index contributed by atoms with van der Waals surface area (Å²) in [6.07, 6.45) is 1.75. The fourth-order valence-corrected chi connectivity index (χ4v) is 1.96. The van der Waals surface area contributed by atoms with Crippen LogP contribution < -0.4 is 5.32 Å².